The van der Waals surface area contributed by atoms with Gasteiger partial charge in [0.05, 0.1) is 23.4 Å². The predicted molar refractivity (Wildman–Crippen MR) is 104 cm³/mol. The van der Waals surface area contributed by atoms with Crippen molar-refractivity contribution in [1.29, 1.82) is 0 Å². The summed E-state index contributed by atoms with van der Waals surface area (Å²) < 4.78 is 10.3. The molecule has 1 heterocycles. The van der Waals surface area contributed by atoms with Gasteiger partial charge < -0.3 is 14.5 Å². The van der Waals surface area contributed by atoms with Crippen molar-refractivity contribution in [3.05, 3.63) is 52.3 Å². The number of ether oxygens (including phenoxy) is 2. The van der Waals surface area contributed by atoms with E-state index in [-0.39, 0.29) is 12.3 Å². The highest BCUT2D eigenvalue weighted by Gasteiger charge is 2.27. The average molecular weight is 389 g/mol. The maximum absolute atomic E-state index is 12.7. The van der Waals surface area contributed by atoms with Crippen LogP contribution in [0.1, 0.15) is 56.3 Å². The van der Waals surface area contributed by atoms with E-state index in [1.807, 2.05) is 18.4 Å². The SMILES string of the molecule is CCOC(=O)c1c(C)[nH]c(C(=O)C(C)OC(=O)c2ccc(SC)cc2)c1C. The zero-order valence-electron chi connectivity index (χ0n) is 16.0. The summed E-state index contributed by atoms with van der Waals surface area (Å²) in [5, 5.41) is 0. The van der Waals surface area contributed by atoms with E-state index in [1.165, 1.54) is 6.92 Å². The summed E-state index contributed by atoms with van der Waals surface area (Å²) in [4.78, 5) is 41.0. The van der Waals surface area contributed by atoms with Gasteiger partial charge in [-0.25, -0.2) is 9.59 Å². The number of aryl methyl sites for hydroxylation is 1. The summed E-state index contributed by atoms with van der Waals surface area (Å²) in [6.07, 6.45) is 0.948. The minimum Gasteiger partial charge on any atom is -0.462 e. The van der Waals surface area contributed by atoms with Gasteiger partial charge in [0.25, 0.3) is 0 Å². The fourth-order valence-corrected chi connectivity index (χ4v) is 3.13. The number of aromatic nitrogens is 1. The second kappa shape index (κ2) is 8.90. The van der Waals surface area contributed by atoms with E-state index < -0.39 is 23.8 Å². The van der Waals surface area contributed by atoms with Crippen LogP contribution < -0.4 is 0 Å². The number of hydrogen-bond acceptors (Lipinski definition) is 6. The van der Waals surface area contributed by atoms with Crippen molar-refractivity contribution in [2.45, 2.75) is 38.7 Å². The number of benzene rings is 1. The molecule has 0 spiro atoms. The number of carbonyl (C=O) groups is 3. The largest absolute Gasteiger partial charge is 0.462 e. The normalized spacial score (nSPS) is 11.7. The Hall–Kier alpha value is -2.54. The maximum atomic E-state index is 12.7. The van der Waals surface area contributed by atoms with Crippen molar-refractivity contribution >= 4 is 29.5 Å². The van der Waals surface area contributed by atoms with Gasteiger partial charge in [-0.3, -0.25) is 4.79 Å². The lowest BCUT2D eigenvalue weighted by atomic mass is 10.1. The Bertz CT molecular complexity index is 854. The lowest BCUT2D eigenvalue weighted by Gasteiger charge is -2.12. The van der Waals surface area contributed by atoms with E-state index in [0.717, 1.165) is 4.90 Å². The van der Waals surface area contributed by atoms with Gasteiger partial charge in [-0.2, -0.15) is 0 Å². The van der Waals surface area contributed by atoms with E-state index in [0.29, 0.717) is 22.4 Å². The van der Waals surface area contributed by atoms with Gasteiger partial charge in [0, 0.05) is 10.6 Å². The van der Waals surface area contributed by atoms with E-state index in [9.17, 15) is 14.4 Å². The highest BCUT2D eigenvalue weighted by atomic mass is 32.2. The summed E-state index contributed by atoms with van der Waals surface area (Å²) in [5.74, 6) is -1.46. The van der Waals surface area contributed by atoms with Gasteiger partial charge in [0.1, 0.15) is 0 Å². The predicted octanol–water partition coefficient (Wildman–Crippen LogP) is 3.96. The fraction of sp³-hybridized carbons (Fsp3) is 0.350. The quantitative estimate of drug-likeness (QED) is 0.438. The Morgan fingerprint density at radius 3 is 2.30 bits per heavy atom. The van der Waals surface area contributed by atoms with E-state index in [1.54, 1.807) is 44.7 Å². The monoisotopic (exact) mass is 389 g/mol. The Balaban J connectivity index is 2.16. The topological polar surface area (TPSA) is 85.5 Å². The number of thioether (sulfide) groups is 1. The molecule has 0 aliphatic rings. The highest BCUT2D eigenvalue weighted by molar-refractivity contribution is 7.98. The van der Waals surface area contributed by atoms with Gasteiger partial charge in [0.15, 0.2) is 6.10 Å². The first-order valence-electron chi connectivity index (χ1n) is 8.55. The number of esters is 2. The second-order valence-corrected chi connectivity index (χ2v) is 6.87. The molecule has 144 valence electrons. The summed E-state index contributed by atoms with van der Waals surface area (Å²) in [5.41, 5.74) is 1.99. The van der Waals surface area contributed by atoms with Crippen LogP contribution in [-0.4, -0.2) is 41.7 Å². The lowest BCUT2D eigenvalue weighted by Crippen LogP contribution is -2.25. The minimum absolute atomic E-state index is 0.244. The first kappa shape index (κ1) is 20.8. The van der Waals surface area contributed by atoms with E-state index in [4.69, 9.17) is 9.47 Å². The molecule has 0 radical (unpaired) electrons. The first-order chi connectivity index (χ1) is 12.8. The Labute approximate surface area is 162 Å². The van der Waals surface area contributed by atoms with Crippen LogP contribution in [-0.2, 0) is 9.47 Å². The number of aromatic amines is 1. The molecular weight excluding hydrogens is 366 g/mol. The number of carbonyl (C=O) groups excluding carboxylic acids is 3. The first-order valence-corrected chi connectivity index (χ1v) is 9.78. The molecule has 0 aliphatic heterocycles. The number of Topliss-reactive ketones (excluding diaryl/α,β-unsaturated/α-hetero) is 1. The van der Waals surface area contributed by atoms with Crippen LogP contribution in [0.2, 0.25) is 0 Å². The van der Waals surface area contributed by atoms with Crippen molar-refractivity contribution in [3.63, 3.8) is 0 Å². The molecular formula is C20H23NO5S. The second-order valence-electron chi connectivity index (χ2n) is 5.99. The molecule has 0 saturated carbocycles. The molecule has 0 aliphatic carbocycles. The molecule has 27 heavy (non-hydrogen) atoms. The van der Waals surface area contributed by atoms with Gasteiger partial charge in [-0.15, -0.1) is 11.8 Å². The van der Waals surface area contributed by atoms with Crippen LogP contribution in [0.4, 0.5) is 0 Å². The molecule has 1 unspecified atom stereocenters. The molecule has 1 N–H and O–H groups in total. The molecule has 1 aromatic carbocycles. The smallest absolute Gasteiger partial charge is 0.340 e. The van der Waals surface area contributed by atoms with Crippen molar-refractivity contribution in [2.75, 3.05) is 12.9 Å². The van der Waals surface area contributed by atoms with Crippen LogP contribution >= 0.6 is 11.8 Å². The van der Waals surface area contributed by atoms with Crippen LogP contribution in [0, 0.1) is 13.8 Å². The molecule has 1 atom stereocenters. The van der Waals surface area contributed by atoms with Crippen LogP contribution in [0.15, 0.2) is 29.2 Å². The third-order valence-corrected chi connectivity index (χ3v) is 4.89. The van der Waals surface area contributed by atoms with Crippen molar-refractivity contribution < 1.29 is 23.9 Å². The number of hydrogen-bond donors (Lipinski definition) is 1. The summed E-state index contributed by atoms with van der Waals surface area (Å²) >= 11 is 1.57. The van der Waals surface area contributed by atoms with E-state index >= 15 is 0 Å². The maximum Gasteiger partial charge on any atom is 0.340 e. The highest BCUT2D eigenvalue weighted by Crippen LogP contribution is 2.21. The minimum atomic E-state index is -0.996. The average Bonchev–Trinajstić information content (AvgIpc) is 2.95. The van der Waals surface area contributed by atoms with Crippen LogP contribution in [0.25, 0.3) is 0 Å². The van der Waals surface area contributed by atoms with Gasteiger partial charge in [-0.1, -0.05) is 0 Å². The Morgan fingerprint density at radius 2 is 1.74 bits per heavy atom. The fourth-order valence-electron chi connectivity index (χ4n) is 2.72. The van der Waals surface area contributed by atoms with Crippen LogP contribution in [0.3, 0.4) is 0 Å². The molecule has 2 aromatic rings. The summed E-state index contributed by atoms with van der Waals surface area (Å²) in [6.45, 7) is 6.83. The number of H-pyrrole nitrogens is 1. The molecule has 1 aromatic heterocycles. The lowest BCUT2D eigenvalue weighted by molar-refractivity contribution is 0.0316. The molecule has 0 fully saturated rings. The zero-order chi connectivity index (χ0) is 20.1. The molecule has 0 saturated heterocycles. The standard InChI is InChI=1S/C20H23NO5S/c1-6-25-20(24)16-11(2)17(21-12(16)3)18(22)13(4)26-19(23)14-7-9-15(27-5)10-8-14/h7-10,13,21H,6H2,1-5H3. The van der Waals surface area contributed by atoms with Gasteiger partial charge in [-0.05, 0) is 63.8 Å². The summed E-state index contributed by atoms with van der Waals surface area (Å²) in [6, 6.07) is 6.96. The molecule has 6 nitrogen and oxygen atoms in total. The van der Waals surface area contributed by atoms with Crippen molar-refractivity contribution in [2.24, 2.45) is 0 Å². The number of ketones is 1. The Kier molecular flexibility index (Phi) is 6.85. The molecule has 7 heteroatoms. The molecule has 0 amide bonds. The molecule has 0 bridgehead atoms. The van der Waals surface area contributed by atoms with Crippen molar-refractivity contribution in [1.82, 2.24) is 4.98 Å². The van der Waals surface area contributed by atoms with Gasteiger partial charge in [0.2, 0.25) is 5.78 Å². The van der Waals surface area contributed by atoms with Crippen LogP contribution in [0.5, 0.6) is 0 Å². The third kappa shape index (κ3) is 4.60. The zero-order valence-corrected chi connectivity index (χ0v) is 16.9. The number of nitrogens with one attached hydrogen (secondary N) is 1. The summed E-state index contributed by atoms with van der Waals surface area (Å²) in [7, 11) is 0. The number of rotatable bonds is 7. The Morgan fingerprint density at radius 1 is 1.11 bits per heavy atom. The van der Waals surface area contributed by atoms with Crippen molar-refractivity contribution in [3.8, 4) is 0 Å². The third-order valence-electron chi connectivity index (χ3n) is 4.14. The van der Waals surface area contributed by atoms with Gasteiger partial charge >= 0.3 is 11.9 Å². The van der Waals surface area contributed by atoms with E-state index in [2.05, 4.69) is 4.98 Å². The molecule has 2 rings (SSSR count).